The Balaban J connectivity index is 2.55. The van der Waals surface area contributed by atoms with Crippen LogP contribution in [-0.4, -0.2) is 15.4 Å². The van der Waals surface area contributed by atoms with Gasteiger partial charge in [0.15, 0.2) is 0 Å². The van der Waals surface area contributed by atoms with E-state index in [1.54, 1.807) is 0 Å². The Labute approximate surface area is 104 Å². The lowest BCUT2D eigenvalue weighted by molar-refractivity contribution is -0.385. The molecule has 0 N–H and O–H groups in total. The molecule has 0 spiro atoms. The van der Waals surface area contributed by atoms with E-state index in [0.29, 0.717) is 12.4 Å². The van der Waals surface area contributed by atoms with E-state index in [2.05, 4.69) is 0 Å². The summed E-state index contributed by atoms with van der Waals surface area (Å²) < 4.78 is 1.39. The van der Waals surface area contributed by atoms with Crippen LogP contribution in [0.2, 0.25) is 0 Å². The molecule has 0 aromatic carbocycles. The molecule has 0 aliphatic carbocycles. The third kappa shape index (κ3) is 4.56. The Morgan fingerprint density at radius 2 is 1.94 bits per heavy atom. The van der Waals surface area contributed by atoms with Crippen LogP contribution in [0.4, 0.5) is 5.69 Å². The summed E-state index contributed by atoms with van der Waals surface area (Å²) in [6.07, 6.45) is 5.09. The number of aromatic nitrogens is 1. The van der Waals surface area contributed by atoms with Crippen molar-refractivity contribution in [2.45, 2.75) is 32.2 Å². The fourth-order valence-electron chi connectivity index (χ4n) is 1.53. The van der Waals surface area contributed by atoms with Gasteiger partial charge in [-0.2, -0.15) is 0 Å². The number of alkyl halides is 1. The zero-order valence-corrected chi connectivity index (χ0v) is 10.2. The first-order valence-electron chi connectivity index (χ1n) is 5.56. The fraction of sp³-hybridized carbons (Fsp3) is 0.545. The van der Waals surface area contributed by atoms with E-state index in [9.17, 15) is 14.9 Å². The van der Waals surface area contributed by atoms with Gasteiger partial charge in [-0.05, 0) is 12.8 Å². The first-order valence-corrected chi connectivity index (χ1v) is 6.09. The second kappa shape index (κ2) is 7.06. The molecule has 5 nitrogen and oxygen atoms in total. The van der Waals surface area contributed by atoms with Crippen LogP contribution in [0.25, 0.3) is 0 Å². The second-order valence-electron chi connectivity index (χ2n) is 3.78. The number of halogens is 1. The number of nitrogens with zero attached hydrogens (tertiary/aromatic N) is 2. The van der Waals surface area contributed by atoms with Gasteiger partial charge in [0, 0.05) is 24.6 Å². The summed E-state index contributed by atoms with van der Waals surface area (Å²) in [4.78, 5) is 21.5. The number of rotatable bonds is 7. The highest BCUT2D eigenvalue weighted by atomic mass is 35.5. The van der Waals surface area contributed by atoms with E-state index in [0.717, 1.165) is 25.7 Å². The number of unbranched alkanes of at least 4 members (excludes halogenated alkanes) is 3. The third-order valence-corrected chi connectivity index (χ3v) is 2.73. The maximum atomic E-state index is 11.4. The minimum atomic E-state index is -0.497. The molecule has 0 bridgehead atoms. The largest absolute Gasteiger partial charge is 0.309 e. The van der Waals surface area contributed by atoms with Crippen LogP contribution in [-0.2, 0) is 6.54 Å². The zero-order valence-electron chi connectivity index (χ0n) is 9.47. The molecule has 0 unspecified atom stereocenters. The molecule has 6 heteroatoms. The van der Waals surface area contributed by atoms with Gasteiger partial charge >= 0.3 is 0 Å². The molecule has 1 aromatic rings. The molecule has 0 aliphatic heterocycles. The van der Waals surface area contributed by atoms with Crippen molar-refractivity contribution in [1.29, 1.82) is 0 Å². The molecule has 0 saturated carbocycles. The number of aryl methyl sites for hydroxylation is 1. The van der Waals surface area contributed by atoms with Crippen LogP contribution < -0.4 is 5.56 Å². The Bertz CT molecular complexity index is 431. The van der Waals surface area contributed by atoms with Gasteiger partial charge < -0.3 is 4.57 Å². The minimum absolute atomic E-state index is 0.0506. The number of nitro groups is 1. The van der Waals surface area contributed by atoms with Gasteiger partial charge in [-0.25, -0.2) is 0 Å². The standard InChI is InChI=1S/C11H15ClN2O3/c12-7-3-1-2-4-8-13-9-10(14(16)17)5-6-11(13)15/h5-6,9H,1-4,7-8H2. The molecule has 0 radical (unpaired) electrons. The Hall–Kier alpha value is -1.36. The van der Waals surface area contributed by atoms with E-state index in [1.807, 2.05) is 0 Å². The van der Waals surface area contributed by atoms with Gasteiger partial charge in [-0.15, -0.1) is 11.6 Å². The van der Waals surface area contributed by atoms with Crippen LogP contribution in [0.15, 0.2) is 23.1 Å². The van der Waals surface area contributed by atoms with Gasteiger partial charge in [0.05, 0.1) is 11.1 Å². The molecule has 1 heterocycles. The summed E-state index contributed by atoms with van der Waals surface area (Å²) >= 11 is 5.55. The van der Waals surface area contributed by atoms with E-state index < -0.39 is 4.92 Å². The molecule has 0 amide bonds. The van der Waals surface area contributed by atoms with E-state index >= 15 is 0 Å². The normalized spacial score (nSPS) is 10.4. The van der Waals surface area contributed by atoms with Gasteiger partial charge in [-0.1, -0.05) is 12.8 Å². The minimum Gasteiger partial charge on any atom is -0.309 e. The lowest BCUT2D eigenvalue weighted by Crippen LogP contribution is -2.18. The van der Waals surface area contributed by atoms with Gasteiger partial charge in [0.1, 0.15) is 0 Å². The van der Waals surface area contributed by atoms with Crippen LogP contribution in [0.5, 0.6) is 0 Å². The maximum absolute atomic E-state index is 11.4. The van der Waals surface area contributed by atoms with Crippen molar-refractivity contribution in [3.05, 3.63) is 38.8 Å². The highest BCUT2D eigenvalue weighted by Gasteiger charge is 2.07. The molecule has 0 atom stereocenters. The Kier molecular flexibility index (Phi) is 5.69. The zero-order chi connectivity index (χ0) is 12.7. The Morgan fingerprint density at radius 3 is 2.59 bits per heavy atom. The molecule has 0 saturated heterocycles. The predicted molar refractivity (Wildman–Crippen MR) is 66.5 cm³/mol. The molecule has 0 aliphatic rings. The van der Waals surface area contributed by atoms with Crippen LogP contribution >= 0.6 is 11.6 Å². The monoisotopic (exact) mass is 258 g/mol. The van der Waals surface area contributed by atoms with Crippen molar-refractivity contribution in [3.63, 3.8) is 0 Å². The number of hydrogen-bond donors (Lipinski definition) is 0. The average molecular weight is 259 g/mol. The molecular weight excluding hydrogens is 244 g/mol. The summed E-state index contributed by atoms with van der Waals surface area (Å²) in [7, 11) is 0. The average Bonchev–Trinajstić information content (AvgIpc) is 2.30. The van der Waals surface area contributed by atoms with Gasteiger partial charge in [0.25, 0.3) is 11.2 Å². The summed E-state index contributed by atoms with van der Waals surface area (Å²) in [5.74, 6) is 0.650. The van der Waals surface area contributed by atoms with Gasteiger partial charge in [-0.3, -0.25) is 14.9 Å². The molecule has 1 aromatic heterocycles. The number of pyridine rings is 1. The van der Waals surface area contributed by atoms with Crippen LogP contribution in [0.1, 0.15) is 25.7 Å². The van der Waals surface area contributed by atoms with E-state index in [-0.39, 0.29) is 11.2 Å². The van der Waals surface area contributed by atoms with Crippen molar-refractivity contribution in [2.75, 3.05) is 5.88 Å². The van der Waals surface area contributed by atoms with Crippen molar-refractivity contribution in [3.8, 4) is 0 Å². The molecular formula is C11H15ClN2O3. The summed E-state index contributed by atoms with van der Waals surface area (Å²) in [6, 6.07) is 2.46. The first kappa shape index (κ1) is 13.7. The van der Waals surface area contributed by atoms with Crippen molar-refractivity contribution in [2.24, 2.45) is 0 Å². The van der Waals surface area contributed by atoms with Crippen LogP contribution in [0.3, 0.4) is 0 Å². The summed E-state index contributed by atoms with van der Waals surface area (Å²) in [5.41, 5.74) is -0.252. The van der Waals surface area contributed by atoms with Crippen molar-refractivity contribution >= 4 is 17.3 Å². The first-order chi connectivity index (χ1) is 8.15. The lowest BCUT2D eigenvalue weighted by atomic mass is 10.2. The quantitative estimate of drug-likeness (QED) is 0.327. The molecule has 0 fully saturated rings. The third-order valence-electron chi connectivity index (χ3n) is 2.46. The van der Waals surface area contributed by atoms with Gasteiger partial charge in [0.2, 0.25) is 0 Å². The van der Waals surface area contributed by atoms with E-state index in [1.165, 1.54) is 22.9 Å². The van der Waals surface area contributed by atoms with E-state index in [4.69, 9.17) is 11.6 Å². The number of hydrogen-bond acceptors (Lipinski definition) is 3. The smallest absolute Gasteiger partial charge is 0.285 e. The predicted octanol–water partition coefficient (Wildman–Crippen LogP) is 2.56. The van der Waals surface area contributed by atoms with Crippen molar-refractivity contribution in [1.82, 2.24) is 4.57 Å². The molecule has 94 valence electrons. The fourth-order valence-corrected chi connectivity index (χ4v) is 1.72. The lowest BCUT2D eigenvalue weighted by Gasteiger charge is -2.04. The van der Waals surface area contributed by atoms with Crippen molar-refractivity contribution < 1.29 is 4.92 Å². The maximum Gasteiger partial charge on any atom is 0.285 e. The highest BCUT2D eigenvalue weighted by molar-refractivity contribution is 6.17. The highest BCUT2D eigenvalue weighted by Crippen LogP contribution is 2.08. The van der Waals surface area contributed by atoms with Crippen LogP contribution in [0, 0.1) is 10.1 Å². The summed E-state index contributed by atoms with van der Waals surface area (Å²) in [5, 5.41) is 10.6. The Morgan fingerprint density at radius 1 is 1.24 bits per heavy atom. The molecule has 1 rings (SSSR count). The summed E-state index contributed by atoms with van der Waals surface area (Å²) in [6.45, 7) is 0.517. The molecule has 17 heavy (non-hydrogen) atoms. The second-order valence-corrected chi connectivity index (χ2v) is 4.16. The topological polar surface area (TPSA) is 65.1 Å². The SMILES string of the molecule is O=c1ccc([N+](=O)[O-])cn1CCCCCCCl.